The van der Waals surface area contributed by atoms with E-state index in [1.54, 1.807) is 0 Å². The highest BCUT2D eigenvalue weighted by molar-refractivity contribution is 14.1. The number of nitrogens with zero attached hydrogens (tertiary/aromatic N) is 2. The first-order valence-corrected chi connectivity index (χ1v) is 22.4. The first-order valence-electron chi connectivity index (χ1n) is 17.0. The number of hydrogen-bond donors (Lipinski definition) is 1. The van der Waals surface area contributed by atoms with Crippen molar-refractivity contribution in [3.8, 4) is 0 Å². The second-order valence-corrected chi connectivity index (χ2v) is 19.7. The smallest absolute Gasteiger partial charge is 0.264 e. The van der Waals surface area contributed by atoms with Gasteiger partial charge in [-0.1, -0.05) is 48.7 Å². The van der Waals surface area contributed by atoms with Gasteiger partial charge in [-0.25, -0.2) is 0 Å². The largest absolute Gasteiger partial charge is 0.772 e. The molecule has 5 rings (SSSR count). The topological polar surface area (TPSA) is 101 Å². The zero-order valence-corrected chi connectivity index (χ0v) is 35.7. The Hall–Kier alpha value is -1.36. The van der Waals surface area contributed by atoms with E-state index >= 15 is 0 Å². The second-order valence-electron chi connectivity index (χ2n) is 14.2. The molecule has 0 bridgehead atoms. The van der Waals surface area contributed by atoms with Crippen LogP contribution in [0.3, 0.4) is 0 Å². The number of fused-ring (bicyclic) bond motifs is 2. The minimum absolute atomic E-state index is 0.171. The summed E-state index contributed by atoms with van der Waals surface area (Å²) >= 11 is 9.86. The molecule has 50 heavy (non-hydrogen) atoms. The molecule has 270 valence electrons. The normalized spacial score (nSPS) is 20.8. The van der Waals surface area contributed by atoms with Crippen molar-refractivity contribution in [1.29, 1.82) is 0 Å². The number of anilines is 1. The maximum absolute atomic E-state index is 11.3. The SMILES string of the molecule is CC1(C)C(/C=C/C2=C(Cl)C(=C/C=C3/N(CCCCS(=O)(=O)O)c4ccc(I)cc4C3(C)C)/CCC2)=[N+](CCCCS(=O)[O-])c2ccc(I)cc21. The number of allylic oxidation sites excluding steroid dienone is 8. The molecular formula is C38H45ClI2N2O5S2. The Labute approximate surface area is 332 Å². The number of rotatable bonds is 13. The highest BCUT2D eigenvalue weighted by Gasteiger charge is 2.44. The molecule has 1 N–H and O–H groups in total. The van der Waals surface area contributed by atoms with Crippen LogP contribution >= 0.6 is 56.8 Å². The number of halogens is 3. The summed E-state index contributed by atoms with van der Waals surface area (Å²) < 4.78 is 59.0. The van der Waals surface area contributed by atoms with Crippen molar-refractivity contribution in [2.75, 3.05) is 29.5 Å². The Bertz CT molecular complexity index is 1950. The zero-order valence-electron chi connectivity index (χ0n) is 29.0. The lowest BCUT2D eigenvalue weighted by molar-refractivity contribution is -0.438. The van der Waals surface area contributed by atoms with Crippen molar-refractivity contribution in [1.82, 2.24) is 0 Å². The molecule has 7 nitrogen and oxygen atoms in total. The van der Waals surface area contributed by atoms with Crippen LogP contribution in [0.2, 0.25) is 0 Å². The summed E-state index contributed by atoms with van der Waals surface area (Å²) in [5.41, 5.74) is 8.80. The van der Waals surface area contributed by atoms with E-state index in [1.165, 1.54) is 26.1 Å². The number of unbranched alkanes of at least 4 members (excludes halogenated alkanes) is 2. The van der Waals surface area contributed by atoms with Gasteiger partial charge in [0.15, 0.2) is 5.71 Å². The monoisotopic (exact) mass is 962 g/mol. The molecule has 2 heterocycles. The molecule has 0 spiro atoms. The maximum Gasteiger partial charge on any atom is 0.264 e. The Kier molecular flexibility index (Phi) is 13.0. The summed E-state index contributed by atoms with van der Waals surface area (Å²) in [7, 11) is -4.00. The summed E-state index contributed by atoms with van der Waals surface area (Å²) in [4.78, 5) is 2.29. The average Bonchev–Trinajstić information content (AvgIpc) is 3.37. The summed E-state index contributed by atoms with van der Waals surface area (Å²) in [6.45, 7) is 10.3. The van der Waals surface area contributed by atoms with Crippen molar-refractivity contribution in [3.05, 3.63) is 101 Å². The standard InChI is InChI=1S/C38H45ClI2N2O5S2/c1-37(2)30-24-28(40)14-16-32(30)42(20-5-7-22-49(44)45)34(37)18-12-26-10-9-11-27(36(26)39)13-19-35-38(3,4)31-25-29(41)15-17-33(31)43(35)21-6-8-23-50(46,47)48/h12-19,24-25H,5-11,20-23H2,1-4H3,(H-,44,45,46,47,48). The molecule has 1 aliphatic carbocycles. The number of benzene rings is 2. The fourth-order valence-corrected chi connectivity index (χ4v) is 9.69. The summed E-state index contributed by atoms with van der Waals surface area (Å²) in [6, 6.07) is 13.0. The third-order valence-electron chi connectivity index (χ3n) is 10.0. The Balaban J connectivity index is 1.46. The minimum atomic E-state index is -4.00. The summed E-state index contributed by atoms with van der Waals surface area (Å²) in [5.74, 6) is -0.0727. The van der Waals surface area contributed by atoms with Crippen LogP contribution in [0, 0.1) is 7.14 Å². The highest BCUT2D eigenvalue weighted by Crippen LogP contribution is 2.49. The van der Waals surface area contributed by atoms with Crippen LogP contribution in [0.4, 0.5) is 11.4 Å². The van der Waals surface area contributed by atoms with E-state index in [0.717, 1.165) is 63.4 Å². The third-order valence-corrected chi connectivity index (χ3v) is 13.3. The lowest BCUT2D eigenvalue weighted by Gasteiger charge is -2.27. The Morgan fingerprint density at radius 2 is 1.66 bits per heavy atom. The van der Waals surface area contributed by atoms with Gasteiger partial charge in [0.1, 0.15) is 6.54 Å². The molecular weight excluding hydrogens is 918 g/mol. The van der Waals surface area contributed by atoms with Crippen LogP contribution in [0.25, 0.3) is 0 Å². The van der Waals surface area contributed by atoms with Gasteiger partial charge in [0.05, 0.1) is 11.2 Å². The molecule has 0 fully saturated rings. The van der Waals surface area contributed by atoms with Gasteiger partial charge in [0.25, 0.3) is 10.1 Å². The molecule has 2 aliphatic heterocycles. The Morgan fingerprint density at radius 1 is 0.960 bits per heavy atom. The molecule has 1 atom stereocenters. The van der Waals surface area contributed by atoms with Gasteiger partial charge in [-0.2, -0.15) is 13.0 Å². The van der Waals surface area contributed by atoms with E-state index in [1.807, 2.05) is 0 Å². The summed E-state index contributed by atoms with van der Waals surface area (Å²) in [6.07, 6.45) is 13.9. The van der Waals surface area contributed by atoms with Gasteiger partial charge >= 0.3 is 0 Å². The van der Waals surface area contributed by atoms with Crippen LogP contribution in [0.15, 0.2) is 82.6 Å². The average molecular weight is 963 g/mol. The van der Waals surface area contributed by atoms with Gasteiger partial charge in [0.2, 0.25) is 5.69 Å². The van der Waals surface area contributed by atoms with Gasteiger partial charge in [-0.05, 0) is 151 Å². The lowest BCUT2D eigenvalue weighted by atomic mass is 9.81. The summed E-state index contributed by atoms with van der Waals surface area (Å²) in [5, 5.41) is 0.778. The van der Waals surface area contributed by atoms with Crippen molar-refractivity contribution in [2.45, 2.75) is 83.5 Å². The molecule has 0 amide bonds. The van der Waals surface area contributed by atoms with Crippen molar-refractivity contribution >= 4 is 95.1 Å². The van der Waals surface area contributed by atoms with Gasteiger partial charge in [-0.15, -0.1) is 0 Å². The predicted octanol–water partition coefficient (Wildman–Crippen LogP) is 9.44. The first-order chi connectivity index (χ1) is 23.5. The molecule has 2 aromatic carbocycles. The molecule has 0 aromatic heterocycles. The van der Waals surface area contributed by atoms with E-state index in [2.05, 4.69) is 143 Å². The van der Waals surface area contributed by atoms with Crippen molar-refractivity contribution in [2.24, 2.45) is 0 Å². The van der Waals surface area contributed by atoms with Crippen LogP contribution in [0.5, 0.6) is 0 Å². The fourth-order valence-electron chi connectivity index (χ4n) is 7.39. The molecule has 1 unspecified atom stereocenters. The number of hydrogen-bond acceptors (Lipinski definition) is 5. The molecule has 0 radical (unpaired) electrons. The first kappa shape index (κ1) is 39.8. The predicted molar refractivity (Wildman–Crippen MR) is 222 cm³/mol. The highest BCUT2D eigenvalue weighted by atomic mass is 127. The molecule has 3 aliphatic rings. The van der Waals surface area contributed by atoms with Gasteiger partial charge < -0.3 is 9.45 Å². The molecule has 0 saturated heterocycles. The quantitative estimate of drug-likeness (QED) is 0.0707. The van der Waals surface area contributed by atoms with E-state index in [9.17, 15) is 21.7 Å². The van der Waals surface area contributed by atoms with Gasteiger partial charge in [0, 0.05) is 65.4 Å². The zero-order chi connectivity index (χ0) is 36.4. The molecule has 0 saturated carbocycles. The second kappa shape index (κ2) is 16.3. The van der Waals surface area contributed by atoms with E-state index in [0.29, 0.717) is 25.8 Å². The third kappa shape index (κ3) is 9.04. The van der Waals surface area contributed by atoms with E-state index in [-0.39, 0.29) is 22.3 Å². The Morgan fingerprint density at radius 3 is 2.36 bits per heavy atom. The van der Waals surface area contributed by atoms with Crippen LogP contribution in [-0.2, 0) is 32.0 Å². The van der Waals surface area contributed by atoms with Crippen LogP contribution in [0.1, 0.15) is 83.8 Å². The fraction of sp³-hybridized carbons (Fsp3) is 0.447. The van der Waals surface area contributed by atoms with Gasteiger partial charge in [-0.3, -0.25) is 8.76 Å². The van der Waals surface area contributed by atoms with Crippen LogP contribution in [-0.4, -0.2) is 56.6 Å². The molecule has 2 aromatic rings. The minimum Gasteiger partial charge on any atom is -0.772 e. The van der Waals surface area contributed by atoms with Crippen molar-refractivity contribution in [3.63, 3.8) is 0 Å². The maximum atomic E-state index is 11.3. The van der Waals surface area contributed by atoms with Crippen molar-refractivity contribution < 1.29 is 26.3 Å². The van der Waals surface area contributed by atoms with Crippen LogP contribution < -0.4 is 4.90 Å². The molecule has 12 heteroatoms. The lowest BCUT2D eigenvalue weighted by Crippen LogP contribution is -2.28. The van der Waals surface area contributed by atoms with E-state index in [4.69, 9.17) is 11.6 Å². The van der Waals surface area contributed by atoms with E-state index < -0.39 is 21.2 Å².